The molecule has 8 rings (SSSR count). The highest BCUT2D eigenvalue weighted by Gasteiger charge is 2.26. The molecule has 7 aromatic rings. The Labute approximate surface area is 245 Å². The van der Waals surface area contributed by atoms with E-state index in [2.05, 4.69) is 103 Å². The van der Waals surface area contributed by atoms with Gasteiger partial charge in [0.2, 0.25) is 0 Å². The lowest BCUT2D eigenvalue weighted by molar-refractivity contribution is 0.845. The molecule has 0 fully saturated rings. The highest BCUT2D eigenvalue weighted by atomic mass is 15.0. The van der Waals surface area contributed by atoms with Crippen LogP contribution in [0.3, 0.4) is 0 Å². The minimum Gasteiger partial charge on any atom is -0.213 e. The van der Waals surface area contributed by atoms with Gasteiger partial charge < -0.3 is 0 Å². The third-order valence-electron chi connectivity index (χ3n) is 8.18. The normalized spacial score (nSPS) is 11.5. The molecule has 0 aliphatic heterocycles. The molecule has 0 amide bonds. The maximum atomic E-state index is 4.96. The topological polar surface area (TPSA) is 38.7 Å². The van der Waals surface area contributed by atoms with E-state index in [1.54, 1.807) is 0 Å². The van der Waals surface area contributed by atoms with E-state index < -0.39 is 0 Å². The predicted octanol–water partition coefficient (Wildman–Crippen LogP) is 9.46. The van der Waals surface area contributed by atoms with Gasteiger partial charge in [-0.3, -0.25) is 0 Å². The zero-order chi connectivity index (χ0) is 27.9. The molecule has 0 atom stereocenters. The Balaban J connectivity index is 1.24. The molecule has 0 bridgehead atoms. The fourth-order valence-corrected chi connectivity index (χ4v) is 6.26. The standard InChI is InChI=1S/C39H27N3/c1-4-12-26(13-5-1)31-24-22-27-18-10-20-32-33-21-11-19-28(36(33)37(31)35(27)32)23-25-34-40-38(29-14-6-2-7-15-29)42-39(41-34)30-16-8-3-9-17-30/h1-22,24H,23,25H2. The van der Waals surface area contributed by atoms with Gasteiger partial charge in [-0.1, -0.05) is 140 Å². The van der Waals surface area contributed by atoms with Crippen LogP contribution in [-0.2, 0) is 12.8 Å². The molecule has 0 spiro atoms. The van der Waals surface area contributed by atoms with Crippen molar-refractivity contribution in [2.45, 2.75) is 12.8 Å². The molecular weight excluding hydrogens is 510 g/mol. The molecule has 6 aromatic carbocycles. The second-order valence-electron chi connectivity index (χ2n) is 10.7. The van der Waals surface area contributed by atoms with E-state index in [-0.39, 0.29) is 0 Å². The number of hydrogen-bond acceptors (Lipinski definition) is 3. The highest BCUT2D eigenvalue weighted by molar-refractivity contribution is 6.19. The highest BCUT2D eigenvalue weighted by Crippen LogP contribution is 2.52. The molecule has 1 aliphatic carbocycles. The minimum atomic E-state index is 0.710. The molecule has 0 saturated heterocycles. The van der Waals surface area contributed by atoms with E-state index in [0.717, 1.165) is 23.4 Å². The fraction of sp³-hybridized carbons (Fsp3) is 0.0513. The lowest BCUT2D eigenvalue weighted by atomic mass is 9.89. The van der Waals surface area contributed by atoms with Gasteiger partial charge in [0, 0.05) is 17.5 Å². The van der Waals surface area contributed by atoms with Crippen LogP contribution in [-0.4, -0.2) is 15.0 Å². The van der Waals surface area contributed by atoms with Gasteiger partial charge in [0.25, 0.3) is 0 Å². The van der Waals surface area contributed by atoms with Crippen molar-refractivity contribution >= 4 is 10.8 Å². The SMILES string of the molecule is c1ccc(-c2nc(CCc3cccc4c3-c3c(-c5ccccc5)ccc5cccc-4c35)nc(-c3ccccc3)n2)cc1. The summed E-state index contributed by atoms with van der Waals surface area (Å²) in [7, 11) is 0. The van der Waals surface area contributed by atoms with Crippen molar-refractivity contribution in [1.29, 1.82) is 0 Å². The van der Waals surface area contributed by atoms with Crippen molar-refractivity contribution in [2.75, 3.05) is 0 Å². The molecule has 0 unspecified atom stereocenters. The molecule has 1 aliphatic rings. The molecule has 42 heavy (non-hydrogen) atoms. The van der Waals surface area contributed by atoms with Crippen LogP contribution in [0.25, 0.3) is 66.9 Å². The molecule has 0 saturated carbocycles. The Kier molecular flexibility index (Phi) is 5.93. The summed E-state index contributed by atoms with van der Waals surface area (Å²) in [6.07, 6.45) is 1.54. The number of hydrogen-bond donors (Lipinski definition) is 0. The van der Waals surface area contributed by atoms with Crippen LogP contribution in [0.1, 0.15) is 11.4 Å². The van der Waals surface area contributed by atoms with Gasteiger partial charge in [-0.2, -0.15) is 0 Å². The largest absolute Gasteiger partial charge is 0.213 e. The van der Waals surface area contributed by atoms with E-state index in [4.69, 9.17) is 15.0 Å². The zero-order valence-electron chi connectivity index (χ0n) is 23.0. The summed E-state index contributed by atoms with van der Waals surface area (Å²) in [5.74, 6) is 2.22. The first-order chi connectivity index (χ1) is 20.8. The van der Waals surface area contributed by atoms with Crippen LogP contribution in [0.2, 0.25) is 0 Å². The zero-order valence-corrected chi connectivity index (χ0v) is 23.0. The summed E-state index contributed by atoms with van der Waals surface area (Å²) in [4.78, 5) is 14.8. The minimum absolute atomic E-state index is 0.710. The van der Waals surface area contributed by atoms with Crippen LogP contribution < -0.4 is 0 Å². The van der Waals surface area contributed by atoms with E-state index in [0.29, 0.717) is 18.1 Å². The van der Waals surface area contributed by atoms with Crippen molar-refractivity contribution < 1.29 is 0 Å². The van der Waals surface area contributed by atoms with Crippen LogP contribution in [0.4, 0.5) is 0 Å². The number of aryl methyl sites for hydroxylation is 2. The van der Waals surface area contributed by atoms with Crippen molar-refractivity contribution in [1.82, 2.24) is 15.0 Å². The van der Waals surface area contributed by atoms with E-state index in [1.807, 2.05) is 36.4 Å². The molecule has 0 radical (unpaired) electrons. The van der Waals surface area contributed by atoms with Gasteiger partial charge in [-0.25, -0.2) is 15.0 Å². The van der Waals surface area contributed by atoms with Crippen LogP contribution in [0, 0.1) is 0 Å². The molecule has 1 aromatic heterocycles. The van der Waals surface area contributed by atoms with Crippen LogP contribution in [0.5, 0.6) is 0 Å². The predicted molar refractivity (Wildman–Crippen MR) is 172 cm³/mol. The third-order valence-corrected chi connectivity index (χ3v) is 8.18. The molecule has 1 heterocycles. The monoisotopic (exact) mass is 537 g/mol. The third kappa shape index (κ3) is 4.18. The molecule has 3 nitrogen and oxygen atoms in total. The maximum Gasteiger partial charge on any atom is 0.163 e. The Hall–Kier alpha value is -5.41. The van der Waals surface area contributed by atoms with Gasteiger partial charge in [-0.15, -0.1) is 0 Å². The average Bonchev–Trinajstić information content (AvgIpc) is 3.41. The number of nitrogens with zero attached hydrogens (tertiary/aromatic N) is 3. The lowest BCUT2D eigenvalue weighted by Crippen LogP contribution is -2.05. The number of rotatable bonds is 6. The summed E-state index contributed by atoms with van der Waals surface area (Å²) in [5, 5.41) is 2.63. The van der Waals surface area contributed by atoms with Crippen molar-refractivity contribution in [3.8, 4) is 56.2 Å². The smallest absolute Gasteiger partial charge is 0.163 e. The van der Waals surface area contributed by atoms with Gasteiger partial charge in [0.15, 0.2) is 11.6 Å². The molecular formula is C39H27N3. The Morgan fingerprint density at radius 2 is 0.976 bits per heavy atom. The summed E-state index contributed by atoms with van der Waals surface area (Å²) >= 11 is 0. The number of benzene rings is 6. The molecule has 0 N–H and O–H groups in total. The molecule has 3 heteroatoms. The Morgan fingerprint density at radius 3 is 1.64 bits per heavy atom. The van der Waals surface area contributed by atoms with E-state index >= 15 is 0 Å². The number of fused-ring (bicyclic) bond motifs is 3. The van der Waals surface area contributed by atoms with Crippen LogP contribution >= 0.6 is 0 Å². The van der Waals surface area contributed by atoms with Crippen molar-refractivity contribution in [3.63, 3.8) is 0 Å². The average molecular weight is 538 g/mol. The lowest BCUT2D eigenvalue weighted by Gasteiger charge is -2.14. The molecule has 198 valence electrons. The Bertz CT molecular complexity index is 2010. The first-order valence-electron chi connectivity index (χ1n) is 14.4. The quantitative estimate of drug-likeness (QED) is 0.212. The summed E-state index contributed by atoms with van der Waals surface area (Å²) in [6.45, 7) is 0. The van der Waals surface area contributed by atoms with Gasteiger partial charge >= 0.3 is 0 Å². The summed E-state index contributed by atoms with van der Waals surface area (Å²) in [6, 6.07) is 49.0. The maximum absolute atomic E-state index is 4.96. The van der Waals surface area contributed by atoms with Crippen LogP contribution in [0.15, 0.2) is 140 Å². The second-order valence-corrected chi connectivity index (χ2v) is 10.7. The number of aromatic nitrogens is 3. The fourth-order valence-electron chi connectivity index (χ4n) is 6.26. The van der Waals surface area contributed by atoms with E-state index in [9.17, 15) is 0 Å². The van der Waals surface area contributed by atoms with Crippen molar-refractivity contribution in [2.24, 2.45) is 0 Å². The van der Waals surface area contributed by atoms with Gasteiger partial charge in [0.1, 0.15) is 5.82 Å². The second kappa shape index (κ2) is 10.2. The Morgan fingerprint density at radius 1 is 0.381 bits per heavy atom. The summed E-state index contributed by atoms with van der Waals surface area (Å²) in [5.41, 5.74) is 11.1. The summed E-state index contributed by atoms with van der Waals surface area (Å²) < 4.78 is 0. The van der Waals surface area contributed by atoms with Gasteiger partial charge in [0.05, 0.1) is 0 Å². The van der Waals surface area contributed by atoms with E-state index in [1.165, 1.54) is 49.7 Å². The first-order valence-corrected chi connectivity index (χ1v) is 14.4. The van der Waals surface area contributed by atoms with Gasteiger partial charge in [-0.05, 0) is 56.1 Å². The first kappa shape index (κ1) is 24.4. The van der Waals surface area contributed by atoms with Crippen molar-refractivity contribution in [3.05, 3.63) is 151 Å².